The van der Waals surface area contributed by atoms with Crippen LogP contribution in [0.1, 0.15) is 31.7 Å². The zero-order chi connectivity index (χ0) is 22.3. The minimum atomic E-state index is -3.76. The molecule has 1 aliphatic carbocycles. The molecule has 0 bridgehead atoms. The number of fused-ring (bicyclic) bond motifs is 1. The van der Waals surface area contributed by atoms with Gasteiger partial charge in [-0.15, -0.1) is 0 Å². The molecule has 1 fully saturated rings. The van der Waals surface area contributed by atoms with Crippen molar-refractivity contribution in [3.8, 4) is 0 Å². The number of halogens is 2. The van der Waals surface area contributed by atoms with E-state index in [2.05, 4.69) is 5.32 Å². The molecule has 1 atom stereocenters. The lowest BCUT2D eigenvalue weighted by Gasteiger charge is -2.22. The van der Waals surface area contributed by atoms with Crippen LogP contribution in [-0.4, -0.2) is 32.0 Å². The maximum absolute atomic E-state index is 13.6. The number of carbonyl (C=O) groups is 2. The molecule has 0 radical (unpaired) electrons. The van der Waals surface area contributed by atoms with E-state index in [0.29, 0.717) is 12.5 Å². The molecule has 2 amide bonds. The molecule has 31 heavy (non-hydrogen) atoms. The first-order chi connectivity index (χ1) is 14.7. The molecule has 0 saturated heterocycles. The molecule has 2 aromatic rings. The minimum absolute atomic E-state index is 0.0302. The Kier molecular flexibility index (Phi) is 5.55. The Morgan fingerprint density at radius 3 is 2.55 bits per heavy atom. The molecule has 0 aromatic heterocycles. The molecule has 1 N–H and O–H groups in total. The summed E-state index contributed by atoms with van der Waals surface area (Å²) in [5, 5.41) is 2.25. The highest BCUT2D eigenvalue weighted by Crippen LogP contribution is 2.39. The van der Waals surface area contributed by atoms with Crippen LogP contribution >= 0.6 is 0 Å². The number of hydrogen-bond acceptors (Lipinski definition) is 4. The molecule has 9 heteroatoms. The van der Waals surface area contributed by atoms with Crippen molar-refractivity contribution in [3.05, 3.63) is 53.6 Å². The molecule has 0 spiro atoms. The lowest BCUT2D eigenvalue weighted by Crippen LogP contribution is -2.36. The maximum Gasteiger partial charge on any atom is 0.230 e. The first kappa shape index (κ1) is 21.4. The van der Waals surface area contributed by atoms with Crippen LogP contribution in [0.4, 0.5) is 20.2 Å². The number of benzene rings is 2. The molecular formula is C22H22F2N2O4S. The van der Waals surface area contributed by atoms with Gasteiger partial charge in [-0.3, -0.25) is 9.59 Å². The van der Waals surface area contributed by atoms with E-state index in [1.165, 1.54) is 6.07 Å². The number of amides is 2. The van der Waals surface area contributed by atoms with Gasteiger partial charge in [0.15, 0.2) is 9.84 Å². The number of anilines is 2. The van der Waals surface area contributed by atoms with Crippen LogP contribution in [-0.2, 0) is 25.8 Å². The highest BCUT2D eigenvalue weighted by atomic mass is 32.2. The first-order valence-electron chi connectivity index (χ1n) is 10.1. The summed E-state index contributed by atoms with van der Waals surface area (Å²) in [6.45, 7) is 1.94. The summed E-state index contributed by atoms with van der Waals surface area (Å²) in [6, 6.07) is 7.36. The van der Waals surface area contributed by atoms with Crippen molar-refractivity contribution in [1.82, 2.24) is 0 Å². The van der Waals surface area contributed by atoms with E-state index in [1.807, 2.05) is 6.92 Å². The summed E-state index contributed by atoms with van der Waals surface area (Å²) in [7, 11) is -3.76. The molecule has 164 valence electrons. The Morgan fingerprint density at radius 1 is 1.13 bits per heavy atom. The Bertz CT molecular complexity index is 1160. The Labute approximate surface area is 179 Å². The van der Waals surface area contributed by atoms with Crippen molar-refractivity contribution in [3.63, 3.8) is 0 Å². The predicted octanol–water partition coefficient (Wildman–Crippen LogP) is 3.45. The Hall–Kier alpha value is -2.81. The summed E-state index contributed by atoms with van der Waals surface area (Å²) in [6.07, 6.45) is 1.99. The second-order valence-corrected chi connectivity index (χ2v) is 10.2. The van der Waals surface area contributed by atoms with Gasteiger partial charge in [0.05, 0.1) is 16.3 Å². The van der Waals surface area contributed by atoms with Crippen molar-refractivity contribution in [2.75, 3.05) is 16.0 Å². The van der Waals surface area contributed by atoms with Gasteiger partial charge in [0.2, 0.25) is 11.8 Å². The summed E-state index contributed by atoms with van der Waals surface area (Å²) in [4.78, 5) is 26.5. The fraction of sp³-hybridized carbons (Fsp3) is 0.364. The zero-order valence-corrected chi connectivity index (χ0v) is 17.7. The molecule has 1 aliphatic heterocycles. The van der Waals surface area contributed by atoms with Crippen molar-refractivity contribution < 1.29 is 26.8 Å². The van der Waals surface area contributed by atoms with Crippen molar-refractivity contribution in [1.29, 1.82) is 0 Å². The van der Waals surface area contributed by atoms with Gasteiger partial charge in [0.25, 0.3) is 0 Å². The first-order valence-corrected chi connectivity index (χ1v) is 11.7. The SMILES string of the molecule is C[C@@H]1Cc2cc(S(=O)(=O)CCC(=O)Nc3ccc(F)cc3F)ccc2N1C(=O)C1CC1. The summed E-state index contributed by atoms with van der Waals surface area (Å²) in [5.74, 6) is -2.70. The van der Waals surface area contributed by atoms with Gasteiger partial charge in [-0.25, -0.2) is 17.2 Å². The van der Waals surface area contributed by atoms with Crippen LogP contribution in [0.15, 0.2) is 41.3 Å². The largest absolute Gasteiger partial charge is 0.324 e. The second-order valence-electron chi connectivity index (χ2n) is 8.07. The molecule has 0 unspecified atom stereocenters. The monoisotopic (exact) mass is 448 g/mol. The van der Waals surface area contributed by atoms with Crippen LogP contribution in [0.5, 0.6) is 0 Å². The normalized spacial score (nSPS) is 18.0. The van der Waals surface area contributed by atoms with Crippen LogP contribution in [0.3, 0.4) is 0 Å². The van der Waals surface area contributed by atoms with Crippen LogP contribution < -0.4 is 10.2 Å². The van der Waals surface area contributed by atoms with Crippen LogP contribution in [0.2, 0.25) is 0 Å². The average molecular weight is 448 g/mol. The number of nitrogens with one attached hydrogen (secondary N) is 1. The molecule has 1 heterocycles. The van der Waals surface area contributed by atoms with Crippen molar-refractivity contribution in [2.24, 2.45) is 5.92 Å². The lowest BCUT2D eigenvalue weighted by atomic mass is 10.1. The summed E-state index contributed by atoms with van der Waals surface area (Å²) < 4.78 is 52.1. The molecule has 1 saturated carbocycles. The van der Waals surface area contributed by atoms with Gasteiger partial charge in [-0.2, -0.15) is 0 Å². The van der Waals surface area contributed by atoms with Crippen molar-refractivity contribution in [2.45, 2.75) is 43.5 Å². The molecular weight excluding hydrogens is 426 g/mol. The summed E-state index contributed by atoms with van der Waals surface area (Å²) >= 11 is 0. The minimum Gasteiger partial charge on any atom is -0.324 e. The summed E-state index contributed by atoms with van der Waals surface area (Å²) in [5.41, 5.74) is 1.32. The molecule has 4 rings (SSSR count). The van der Waals surface area contributed by atoms with E-state index in [-0.39, 0.29) is 34.9 Å². The number of nitrogens with zero attached hydrogens (tertiary/aromatic N) is 1. The number of hydrogen-bond donors (Lipinski definition) is 1. The van der Waals surface area contributed by atoms with E-state index in [1.54, 1.807) is 17.0 Å². The predicted molar refractivity (Wildman–Crippen MR) is 111 cm³/mol. The van der Waals surface area contributed by atoms with E-state index in [4.69, 9.17) is 0 Å². The van der Waals surface area contributed by atoms with Gasteiger partial charge < -0.3 is 10.2 Å². The molecule has 2 aromatic carbocycles. The third-order valence-electron chi connectivity index (χ3n) is 5.59. The standard InChI is InChI=1S/C22H22F2N2O4S/c1-13-10-15-11-17(5-7-20(15)26(13)22(28)14-2-3-14)31(29,30)9-8-21(27)25-19-6-4-16(23)12-18(19)24/h4-7,11-14H,2-3,8-10H2,1H3,(H,25,27)/t13-/m1/s1. The third kappa shape index (κ3) is 4.46. The zero-order valence-electron chi connectivity index (χ0n) is 16.9. The van der Waals surface area contributed by atoms with Gasteiger partial charge in [0, 0.05) is 30.1 Å². The quantitative estimate of drug-likeness (QED) is 0.734. The fourth-order valence-electron chi connectivity index (χ4n) is 3.81. The number of carbonyl (C=O) groups excluding carboxylic acids is 2. The van der Waals surface area contributed by atoms with Gasteiger partial charge >= 0.3 is 0 Å². The fourth-order valence-corrected chi connectivity index (χ4v) is 5.10. The number of rotatable bonds is 6. The molecule has 2 aliphatic rings. The van der Waals surface area contributed by atoms with Crippen LogP contribution in [0, 0.1) is 17.6 Å². The highest BCUT2D eigenvalue weighted by Gasteiger charge is 2.39. The van der Waals surface area contributed by atoms with Gasteiger partial charge in [0.1, 0.15) is 11.6 Å². The maximum atomic E-state index is 13.6. The Balaban J connectivity index is 1.44. The van der Waals surface area contributed by atoms with Crippen LogP contribution in [0.25, 0.3) is 0 Å². The van der Waals surface area contributed by atoms with E-state index in [9.17, 15) is 26.8 Å². The van der Waals surface area contributed by atoms with E-state index in [0.717, 1.165) is 36.2 Å². The molecule has 6 nitrogen and oxygen atoms in total. The lowest BCUT2D eigenvalue weighted by molar-refractivity contribution is -0.120. The topological polar surface area (TPSA) is 83.6 Å². The second kappa shape index (κ2) is 8.03. The van der Waals surface area contributed by atoms with Gasteiger partial charge in [-0.1, -0.05) is 0 Å². The van der Waals surface area contributed by atoms with E-state index < -0.39 is 33.1 Å². The Morgan fingerprint density at radius 2 is 1.87 bits per heavy atom. The van der Waals surface area contributed by atoms with E-state index >= 15 is 0 Å². The van der Waals surface area contributed by atoms with Gasteiger partial charge in [-0.05, 0) is 62.1 Å². The third-order valence-corrected chi connectivity index (χ3v) is 7.31. The highest BCUT2D eigenvalue weighted by molar-refractivity contribution is 7.91. The number of sulfone groups is 1. The van der Waals surface area contributed by atoms with Crippen molar-refractivity contribution >= 4 is 33.0 Å². The average Bonchev–Trinajstić information content (AvgIpc) is 3.50. The smallest absolute Gasteiger partial charge is 0.230 e.